The predicted octanol–water partition coefficient (Wildman–Crippen LogP) is 2.96. The Morgan fingerprint density at radius 3 is 2.33 bits per heavy atom. The van der Waals surface area contributed by atoms with Crippen LogP contribution >= 0.6 is 0 Å². The lowest BCUT2D eigenvalue weighted by molar-refractivity contribution is -0.144. The van der Waals surface area contributed by atoms with Gasteiger partial charge < -0.3 is 4.74 Å². The van der Waals surface area contributed by atoms with Crippen molar-refractivity contribution < 1.29 is 35.9 Å². The summed E-state index contributed by atoms with van der Waals surface area (Å²) in [5, 5.41) is 0. The van der Waals surface area contributed by atoms with Crippen LogP contribution in [0.1, 0.15) is 28.2 Å². The van der Waals surface area contributed by atoms with E-state index < -0.39 is 41.3 Å². The van der Waals surface area contributed by atoms with Crippen molar-refractivity contribution in [2.24, 2.45) is 0 Å². The van der Waals surface area contributed by atoms with E-state index in [1.807, 2.05) is 0 Å². The Labute approximate surface area is 96.4 Å². The zero-order valence-corrected chi connectivity index (χ0v) is 8.69. The number of aromatic nitrogens is 1. The van der Waals surface area contributed by atoms with Crippen LogP contribution in [0.4, 0.5) is 26.3 Å². The Morgan fingerprint density at radius 2 is 1.94 bits per heavy atom. The number of alkyl halides is 5. The highest BCUT2D eigenvalue weighted by atomic mass is 19.4. The largest absolute Gasteiger partial charge is 0.465 e. The standard InChI is InChI=1S/C9H5F6NO2/c1-18-8(17)3-2-4(7(11)12)16-6(5(3)10)9(13,14)15/h2,7H,1H3. The summed E-state index contributed by atoms with van der Waals surface area (Å²) in [6.45, 7) is 0. The summed E-state index contributed by atoms with van der Waals surface area (Å²) < 4.78 is 79.0. The van der Waals surface area contributed by atoms with Gasteiger partial charge in [0.2, 0.25) is 0 Å². The van der Waals surface area contributed by atoms with Crippen LogP contribution in [0.2, 0.25) is 0 Å². The molecule has 0 aliphatic carbocycles. The van der Waals surface area contributed by atoms with E-state index >= 15 is 0 Å². The molecule has 0 saturated heterocycles. The molecule has 0 bridgehead atoms. The molecule has 0 fully saturated rings. The average molecular weight is 273 g/mol. The summed E-state index contributed by atoms with van der Waals surface area (Å²) >= 11 is 0. The molecule has 0 saturated carbocycles. The van der Waals surface area contributed by atoms with Crippen LogP contribution in [-0.4, -0.2) is 18.1 Å². The number of halogens is 6. The first-order valence-electron chi connectivity index (χ1n) is 4.32. The minimum atomic E-state index is -5.29. The van der Waals surface area contributed by atoms with Crippen molar-refractivity contribution in [1.82, 2.24) is 4.98 Å². The lowest BCUT2D eigenvalue weighted by Gasteiger charge is -2.11. The molecule has 0 aliphatic rings. The Kier molecular flexibility index (Phi) is 3.82. The molecule has 100 valence electrons. The van der Waals surface area contributed by atoms with Crippen molar-refractivity contribution in [2.45, 2.75) is 12.6 Å². The second-order valence-corrected chi connectivity index (χ2v) is 3.05. The fourth-order valence-corrected chi connectivity index (χ4v) is 1.11. The highest BCUT2D eigenvalue weighted by Gasteiger charge is 2.39. The summed E-state index contributed by atoms with van der Waals surface area (Å²) in [5.74, 6) is -3.54. The third-order valence-corrected chi connectivity index (χ3v) is 1.87. The number of carbonyl (C=O) groups excluding carboxylic acids is 1. The van der Waals surface area contributed by atoms with Gasteiger partial charge >= 0.3 is 12.1 Å². The number of ether oxygens (including phenoxy) is 1. The molecule has 1 aromatic heterocycles. The molecule has 0 spiro atoms. The summed E-state index contributed by atoms with van der Waals surface area (Å²) in [4.78, 5) is 13.4. The second-order valence-electron chi connectivity index (χ2n) is 3.05. The van der Waals surface area contributed by atoms with Gasteiger partial charge in [-0.25, -0.2) is 22.9 Å². The van der Waals surface area contributed by atoms with Crippen LogP contribution in [0, 0.1) is 5.82 Å². The maximum atomic E-state index is 13.3. The van der Waals surface area contributed by atoms with Gasteiger partial charge in [0, 0.05) is 0 Å². The molecule has 1 rings (SSSR count). The van der Waals surface area contributed by atoms with Crippen LogP contribution in [0.15, 0.2) is 6.07 Å². The van der Waals surface area contributed by atoms with Gasteiger partial charge in [-0.15, -0.1) is 0 Å². The van der Waals surface area contributed by atoms with Crippen molar-refractivity contribution >= 4 is 5.97 Å². The number of hydrogen-bond acceptors (Lipinski definition) is 3. The van der Waals surface area contributed by atoms with Crippen molar-refractivity contribution in [3.63, 3.8) is 0 Å². The van der Waals surface area contributed by atoms with E-state index in [0.717, 1.165) is 7.11 Å². The summed E-state index contributed by atoms with van der Waals surface area (Å²) in [7, 11) is 0.775. The molecule has 9 heteroatoms. The Hall–Kier alpha value is -1.80. The smallest absolute Gasteiger partial charge is 0.436 e. The Morgan fingerprint density at radius 1 is 1.39 bits per heavy atom. The van der Waals surface area contributed by atoms with Gasteiger partial charge in [-0.2, -0.15) is 13.2 Å². The van der Waals surface area contributed by atoms with E-state index in [4.69, 9.17) is 0 Å². The SMILES string of the molecule is COC(=O)c1cc(C(F)F)nc(C(F)(F)F)c1F. The normalized spacial score (nSPS) is 11.8. The molecular weight excluding hydrogens is 268 g/mol. The first-order valence-corrected chi connectivity index (χ1v) is 4.32. The molecule has 0 unspecified atom stereocenters. The van der Waals surface area contributed by atoms with Crippen LogP contribution in [0.5, 0.6) is 0 Å². The molecular formula is C9H5F6NO2. The van der Waals surface area contributed by atoms with Gasteiger partial charge in [-0.1, -0.05) is 0 Å². The summed E-state index contributed by atoms with van der Waals surface area (Å²) in [6.07, 6.45) is -8.67. The molecule has 0 atom stereocenters. The Balaban J connectivity index is 3.53. The highest BCUT2D eigenvalue weighted by Crippen LogP contribution is 2.33. The second kappa shape index (κ2) is 4.83. The molecule has 0 N–H and O–H groups in total. The zero-order chi connectivity index (χ0) is 14.1. The number of nitrogens with zero attached hydrogens (tertiary/aromatic N) is 1. The van der Waals surface area contributed by atoms with Crippen molar-refractivity contribution in [3.05, 3.63) is 28.8 Å². The average Bonchev–Trinajstić information content (AvgIpc) is 2.26. The lowest BCUT2D eigenvalue weighted by atomic mass is 10.1. The molecule has 0 aliphatic heterocycles. The van der Waals surface area contributed by atoms with Crippen LogP contribution in [-0.2, 0) is 10.9 Å². The first kappa shape index (κ1) is 14.3. The first-order chi connectivity index (χ1) is 8.18. The van der Waals surface area contributed by atoms with Crippen LogP contribution in [0.25, 0.3) is 0 Å². The third-order valence-electron chi connectivity index (χ3n) is 1.87. The monoisotopic (exact) mass is 273 g/mol. The summed E-state index contributed by atoms with van der Waals surface area (Å²) in [5.41, 5.74) is -4.78. The van der Waals surface area contributed by atoms with Crippen molar-refractivity contribution in [2.75, 3.05) is 7.11 Å². The lowest BCUT2D eigenvalue weighted by Crippen LogP contribution is -2.17. The maximum Gasteiger partial charge on any atom is 0.436 e. The van der Waals surface area contributed by atoms with Gasteiger partial charge in [-0.05, 0) is 6.07 Å². The van der Waals surface area contributed by atoms with E-state index in [2.05, 4.69) is 9.72 Å². The predicted molar refractivity (Wildman–Crippen MR) is 45.5 cm³/mol. The Bertz CT molecular complexity index is 471. The number of esters is 1. The molecule has 1 heterocycles. The maximum absolute atomic E-state index is 13.3. The van der Waals surface area contributed by atoms with Crippen molar-refractivity contribution in [1.29, 1.82) is 0 Å². The zero-order valence-electron chi connectivity index (χ0n) is 8.69. The molecule has 1 aromatic rings. The highest BCUT2D eigenvalue weighted by molar-refractivity contribution is 5.89. The van der Waals surface area contributed by atoms with Gasteiger partial charge in [0.1, 0.15) is 5.69 Å². The van der Waals surface area contributed by atoms with Crippen LogP contribution in [0.3, 0.4) is 0 Å². The van der Waals surface area contributed by atoms with Crippen molar-refractivity contribution in [3.8, 4) is 0 Å². The van der Waals surface area contributed by atoms with Crippen LogP contribution < -0.4 is 0 Å². The topological polar surface area (TPSA) is 39.2 Å². The molecule has 0 radical (unpaired) electrons. The van der Waals surface area contributed by atoms with Gasteiger partial charge in [0.15, 0.2) is 11.5 Å². The number of hydrogen-bond donors (Lipinski definition) is 0. The molecule has 3 nitrogen and oxygen atoms in total. The fourth-order valence-electron chi connectivity index (χ4n) is 1.11. The van der Waals surface area contributed by atoms with E-state index in [1.54, 1.807) is 0 Å². The van der Waals surface area contributed by atoms with Gasteiger partial charge in [0.25, 0.3) is 6.43 Å². The van der Waals surface area contributed by atoms with E-state index in [-0.39, 0.29) is 6.07 Å². The quantitative estimate of drug-likeness (QED) is 0.614. The van der Waals surface area contributed by atoms with E-state index in [1.165, 1.54) is 0 Å². The number of carbonyl (C=O) groups is 1. The number of pyridine rings is 1. The molecule has 0 aromatic carbocycles. The molecule has 0 amide bonds. The van der Waals surface area contributed by atoms with Gasteiger partial charge in [-0.3, -0.25) is 0 Å². The third kappa shape index (κ3) is 2.71. The minimum absolute atomic E-state index is 0.223. The minimum Gasteiger partial charge on any atom is -0.465 e. The van der Waals surface area contributed by atoms with E-state index in [9.17, 15) is 31.1 Å². The fraction of sp³-hybridized carbons (Fsp3) is 0.333. The van der Waals surface area contributed by atoms with E-state index in [0.29, 0.717) is 0 Å². The summed E-state index contributed by atoms with van der Waals surface area (Å²) in [6, 6.07) is 0.223. The number of methoxy groups -OCH3 is 1. The molecule has 18 heavy (non-hydrogen) atoms. The number of rotatable bonds is 2. The van der Waals surface area contributed by atoms with Gasteiger partial charge in [0.05, 0.1) is 12.7 Å².